The van der Waals surface area contributed by atoms with E-state index in [2.05, 4.69) is 10.6 Å². The van der Waals surface area contributed by atoms with Gasteiger partial charge in [0.25, 0.3) is 5.91 Å². The Kier molecular flexibility index (Phi) is 6.54. The van der Waals surface area contributed by atoms with Crippen LogP contribution >= 0.6 is 0 Å². The smallest absolute Gasteiger partial charge is 0.323 e. The first-order valence-corrected chi connectivity index (χ1v) is 8.50. The Hall–Kier alpha value is -3.35. The maximum absolute atomic E-state index is 12.5. The summed E-state index contributed by atoms with van der Waals surface area (Å²) in [5.41, 5.74) is 2.34. The van der Waals surface area contributed by atoms with Gasteiger partial charge < -0.3 is 20.6 Å². The molecule has 2 rings (SSSR count). The number of carbonyl (C=O) groups is 3. The van der Waals surface area contributed by atoms with Gasteiger partial charge in [-0.2, -0.15) is 0 Å². The fraction of sp³-hybridized carbons (Fsp3) is 0.250. The topological polar surface area (TPSA) is 98.7 Å². The van der Waals surface area contributed by atoms with Crippen LogP contribution in [0.15, 0.2) is 48.5 Å². The van der Waals surface area contributed by atoms with Gasteiger partial charge in [0.2, 0.25) is 0 Å². The second kappa shape index (κ2) is 8.84. The van der Waals surface area contributed by atoms with E-state index in [0.29, 0.717) is 16.9 Å². The number of para-hydroxylation sites is 1. The van der Waals surface area contributed by atoms with Gasteiger partial charge in [-0.3, -0.25) is 9.59 Å². The number of benzene rings is 2. The van der Waals surface area contributed by atoms with E-state index < -0.39 is 17.9 Å². The minimum absolute atomic E-state index is 0.0965. The summed E-state index contributed by atoms with van der Waals surface area (Å²) in [5, 5.41) is 14.4. The first-order chi connectivity index (χ1) is 12.8. The second-order valence-electron chi connectivity index (χ2n) is 6.40. The number of hydrogen-bond acceptors (Lipinski definition) is 3. The van der Waals surface area contributed by atoms with Gasteiger partial charge in [-0.05, 0) is 36.8 Å². The molecule has 3 amide bonds. The van der Waals surface area contributed by atoms with E-state index in [1.54, 1.807) is 44.3 Å². The number of aliphatic carboxylic acids is 1. The average molecular weight is 369 g/mol. The molecule has 0 saturated carbocycles. The lowest BCUT2D eigenvalue weighted by Gasteiger charge is -2.20. The molecule has 0 aromatic heterocycles. The highest BCUT2D eigenvalue weighted by molar-refractivity contribution is 6.02. The standard InChI is InChI=1S/C20H23N3O4/c1-13-9-10-15(18(24)23(3)12-14(2)19(25)26)11-17(13)22-20(27)21-16-7-5-4-6-8-16/h4-11,14H,12H2,1-3H3,(H,25,26)(H2,21,22,27). The van der Waals surface area contributed by atoms with Crippen LogP contribution in [0.2, 0.25) is 0 Å². The molecule has 2 aromatic carbocycles. The molecule has 1 atom stereocenters. The number of carboxylic acids is 1. The first kappa shape index (κ1) is 20.0. The maximum Gasteiger partial charge on any atom is 0.323 e. The average Bonchev–Trinajstić information content (AvgIpc) is 2.63. The van der Waals surface area contributed by atoms with Gasteiger partial charge in [0, 0.05) is 30.5 Å². The number of hydrogen-bond donors (Lipinski definition) is 3. The summed E-state index contributed by atoms with van der Waals surface area (Å²) in [6.45, 7) is 3.46. The van der Waals surface area contributed by atoms with Gasteiger partial charge in [-0.1, -0.05) is 31.2 Å². The molecule has 0 aliphatic heterocycles. The van der Waals surface area contributed by atoms with E-state index in [1.807, 2.05) is 25.1 Å². The number of amides is 3. The quantitative estimate of drug-likeness (QED) is 0.726. The van der Waals surface area contributed by atoms with Crippen molar-refractivity contribution in [3.8, 4) is 0 Å². The monoisotopic (exact) mass is 369 g/mol. The van der Waals surface area contributed by atoms with Gasteiger partial charge in [0.05, 0.1) is 5.92 Å². The number of aryl methyl sites for hydroxylation is 1. The van der Waals surface area contributed by atoms with Crippen molar-refractivity contribution in [1.29, 1.82) is 0 Å². The summed E-state index contributed by atoms with van der Waals surface area (Å²) >= 11 is 0. The number of nitrogens with one attached hydrogen (secondary N) is 2. The Labute approximate surface area is 158 Å². The minimum atomic E-state index is -0.960. The molecule has 2 aromatic rings. The van der Waals surface area contributed by atoms with E-state index in [-0.39, 0.29) is 12.5 Å². The molecular weight excluding hydrogens is 346 g/mol. The molecular formula is C20H23N3O4. The van der Waals surface area contributed by atoms with E-state index >= 15 is 0 Å². The van der Waals surface area contributed by atoms with Crippen molar-refractivity contribution in [3.05, 3.63) is 59.7 Å². The molecule has 0 spiro atoms. The first-order valence-electron chi connectivity index (χ1n) is 8.50. The Morgan fingerprint density at radius 2 is 1.74 bits per heavy atom. The highest BCUT2D eigenvalue weighted by atomic mass is 16.4. The zero-order valence-electron chi connectivity index (χ0n) is 15.5. The van der Waals surface area contributed by atoms with E-state index in [1.165, 1.54) is 4.90 Å². The van der Waals surface area contributed by atoms with Gasteiger partial charge in [0.1, 0.15) is 0 Å². The van der Waals surface area contributed by atoms with Crippen LogP contribution in [0.1, 0.15) is 22.8 Å². The van der Waals surface area contributed by atoms with Crippen LogP contribution in [0, 0.1) is 12.8 Å². The molecule has 0 saturated heterocycles. The molecule has 27 heavy (non-hydrogen) atoms. The number of rotatable bonds is 6. The molecule has 3 N–H and O–H groups in total. The Bertz CT molecular complexity index is 836. The summed E-state index contributed by atoms with van der Waals surface area (Å²) in [5.74, 6) is -1.94. The van der Waals surface area contributed by atoms with Gasteiger partial charge >= 0.3 is 12.0 Å². The third-order valence-corrected chi connectivity index (χ3v) is 4.08. The second-order valence-corrected chi connectivity index (χ2v) is 6.40. The molecule has 0 radical (unpaired) electrons. The lowest BCUT2D eigenvalue weighted by atomic mass is 10.1. The van der Waals surface area contributed by atoms with Crippen molar-refractivity contribution >= 4 is 29.3 Å². The number of anilines is 2. The minimum Gasteiger partial charge on any atom is -0.481 e. The van der Waals surface area contributed by atoms with Crippen LogP contribution < -0.4 is 10.6 Å². The molecule has 7 heteroatoms. The SMILES string of the molecule is Cc1ccc(C(=O)N(C)CC(C)C(=O)O)cc1NC(=O)Nc1ccccc1. The molecule has 0 heterocycles. The van der Waals surface area contributed by atoms with E-state index in [9.17, 15) is 14.4 Å². The number of urea groups is 1. The van der Waals surface area contributed by atoms with Gasteiger partial charge in [-0.15, -0.1) is 0 Å². The predicted molar refractivity (Wildman–Crippen MR) is 104 cm³/mol. The highest BCUT2D eigenvalue weighted by Crippen LogP contribution is 2.19. The van der Waals surface area contributed by atoms with E-state index in [0.717, 1.165) is 5.56 Å². The van der Waals surface area contributed by atoms with Crippen LogP contribution in [0.3, 0.4) is 0 Å². The van der Waals surface area contributed by atoms with Crippen molar-refractivity contribution in [1.82, 2.24) is 4.90 Å². The Balaban J connectivity index is 2.09. The zero-order valence-corrected chi connectivity index (χ0v) is 15.5. The molecule has 0 aliphatic rings. The molecule has 7 nitrogen and oxygen atoms in total. The number of nitrogens with zero attached hydrogens (tertiary/aromatic N) is 1. The summed E-state index contributed by atoms with van der Waals surface area (Å²) in [4.78, 5) is 37.1. The van der Waals surface area contributed by atoms with Crippen molar-refractivity contribution < 1.29 is 19.5 Å². The fourth-order valence-electron chi connectivity index (χ4n) is 2.49. The van der Waals surface area contributed by atoms with Gasteiger partial charge in [-0.25, -0.2) is 4.79 Å². The van der Waals surface area contributed by atoms with Crippen molar-refractivity contribution in [3.63, 3.8) is 0 Å². The largest absolute Gasteiger partial charge is 0.481 e. The zero-order chi connectivity index (χ0) is 20.0. The normalized spacial score (nSPS) is 11.4. The van der Waals surface area contributed by atoms with Crippen molar-refractivity contribution in [2.75, 3.05) is 24.2 Å². The van der Waals surface area contributed by atoms with Crippen LogP contribution in [-0.2, 0) is 4.79 Å². The third kappa shape index (κ3) is 5.57. The molecule has 142 valence electrons. The Morgan fingerprint density at radius 1 is 1.07 bits per heavy atom. The lowest BCUT2D eigenvalue weighted by Crippen LogP contribution is -2.33. The maximum atomic E-state index is 12.5. The summed E-state index contributed by atoms with van der Waals surface area (Å²) in [7, 11) is 1.55. The van der Waals surface area contributed by atoms with Crippen LogP contribution in [0.25, 0.3) is 0 Å². The van der Waals surface area contributed by atoms with Crippen LogP contribution in [-0.4, -0.2) is 41.5 Å². The predicted octanol–water partition coefficient (Wildman–Crippen LogP) is 3.43. The Morgan fingerprint density at radius 3 is 2.37 bits per heavy atom. The third-order valence-electron chi connectivity index (χ3n) is 4.08. The van der Waals surface area contributed by atoms with Crippen LogP contribution in [0.4, 0.5) is 16.2 Å². The summed E-state index contributed by atoms with van der Waals surface area (Å²) < 4.78 is 0. The number of carboxylic acid groups (broad SMARTS) is 1. The fourth-order valence-corrected chi connectivity index (χ4v) is 2.49. The molecule has 0 fully saturated rings. The van der Waals surface area contributed by atoms with Crippen molar-refractivity contribution in [2.45, 2.75) is 13.8 Å². The number of carbonyl (C=O) groups excluding carboxylic acids is 2. The van der Waals surface area contributed by atoms with Gasteiger partial charge in [0.15, 0.2) is 0 Å². The summed E-state index contributed by atoms with van der Waals surface area (Å²) in [6.07, 6.45) is 0. The highest BCUT2D eigenvalue weighted by Gasteiger charge is 2.19. The molecule has 1 unspecified atom stereocenters. The van der Waals surface area contributed by atoms with Crippen molar-refractivity contribution in [2.24, 2.45) is 5.92 Å². The summed E-state index contributed by atoms with van der Waals surface area (Å²) in [6, 6.07) is 13.6. The van der Waals surface area contributed by atoms with E-state index in [4.69, 9.17) is 5.11 Å². The van der Waals surface area contributed by atoms with Crippen LogP contribution in [0.5, 0.6) is 0 Å². The lowest BCUT2D eigenvalue weighted by molar-refractivity contribution is -0.141. The molecule has 0 bridgehead atoms. The molecule has 0 aliphatic carbocycles.